The normalized spacial score (nSPS) is 12.3. The molecule has 6 heteroatoms. The molecule has 1 aliphatic heterocycles. The van der Waals surface area contributed by atoms with Crippen LogP contribution in [-0.4, -0.2) is 26.2 Å². The summed E-state index contributed by atoms with van der Waals surface area (Å²) in [4.78, 5) is 12.2. The highest BCUT2D eigenvalue weighted by atomic mass is 79.9. The van der Waals surface area contributed by atoms with Crippen LogP contribution in [0.5, 0.6) is 17.2 Å². The summed E-state index contributed by atoms with van der Waals surface area (Å²) in [6.07, 6.45) is 0. The molecule has 2 aromatic rings. The summed E-state index contributed by atoms with van der Waals surface area (Å²) in [6, 6.07) is 11.0. The zero-order chi connectivity index (χ0) is 16.2. The van der Waals surface area contributed by atoms with Gasteiger partial charge in [-0.2, -0.15) is 0 Å². The maximum Gasteiger partial charge on any atom is 0.231 e. The van der Waals surface area contributed by atoms with Crippen LogP contribution in [0, 0.1) is 0 Å². The second-order valence-corrected chi connectivity index (χ2v) is 5.92. The number of hydrogen-bond donors (Lipinski definition) is 1. The third-order valence-corrected chi connectivity index (χ3v) is 4.15. The molecule has 0 radical (unpaired) electrons. The third-order valence-electron chi connectivity index (χ3n) is 3.53. The number of rotatable bonds is 6. The fourth-order valence-corrected chi connectivity index (χ4v) is 2.85. The minimum atomic E-state index is 0.0223. The lowest BCUT2D eigenvalue weighted by atomic mass is 10.1. The molecule has 1 N–H and O–H groups in total. The van der Waals surface area contributed by atoms with Crippen LogP contribution in [0.1, 0.15) is 15.9 Å². The smallest absolute Gasteiger partial charge is 0.231 e. The molecule has 2 aromatic carbocycles. The Balaban J connectivity index is 1.56. The Kier molecular flexibility index (Phi) is 4.83. The van der Waals surface area contributed by atoms with Gasteiger partial charge >= 0.3 is 0 Å². The van der Waals surface area contributed by atoms with Crippen molar-refractivity contribution in [2.45, 2.75) is 6.54 Å². The molecule has 0 fully saturated rings. The number of ketones is 1. The molecule has 5 nitrogen and oxygen atoms in total. The lowest BCUT2D eigenvalue weighted by molar-refractivity contribution is 0.0990. The second kappa shape index (κ2) is 7.02. The van der Waals surface area contributed by atoms with Crippen LogP contribution in [0.2, 0.25) is 0 Å². The first-order chi connectivity index (χ1) is 11.2. The molecule has 0 aliphatic carbocycles. The van der Waals surface area contributed by atoms with E-state index in [4.69, 9.17) is 14.2 Å². The lowest BCUT2D eigenvalue weighted by Gasteiger charge is -2.07. The third kappa shape index (κ3) is 3.65. The maximum atomic E-state index is 12.2. The number of halogens is 1. The second-order valence-electron chi connectivity index (χ2n) is 5.06. The van der Waals surface area contributed by atoms with E-state index in [0.29, 0.717) is 17.9 Å². The Hall–Kier alpha value is -2.05. The van der Waals surface area contributed by atoms with Crippen molar-refractivity contribution in [1.29, 1.82) is 0 Å². The molecule has 0 atom stereocenters. The minimum absolute atomic E-state index is 0.0223. The number of methoxy groups -OCH3 is 1. The summed E-state index contributed by atoms with van der Waals surface area (Å²) in [5, 5.41) is 3.15. The van der Waals surface area contributed by atoms with Crippen molar-refractivity contribution < 1.29 is 19.0 Å². The monoisotopic (exact) mass is 377 g/mol. The van der Waals surface area contributed by atoms with Gasteiger partial charge in [-0.3, -0.25) is 4.79 Å². The van der Waals surface area contributed by atoms with Gasteiger partial charge in [-0.1, -0.05) is 6.07 Å². The molecule has 0 aromatic heterocycles. The van der Waals surface area contributed by atoms with E-state index in [1.54, 1.807) is 25.3 Å². The number of carbonyl (C=O) groups excluding carboxylic acids is 1. The molecule has 23 heavy (non-hydrogen) atoms. The average molecular weight is 378 g/mol. The van der Waals surface area contributed by atoms with E-state index < -0.39 is 0 Å². The predicted octanol–water partition coefficient (Wildman–Crippen LogP) is 3.16. The number of Topliss-reactive ketones (excluding diaryl/α,β-unsaturated/α-hetero) is 1. The minimum Gasteiger partial charge on any atom is -0.496 e. The van der Waals surface area contributed by atoms with Gasteiger partial charge in [0.1, 0.15) is 5.75 Å². The standard InChI is InChI=1S/C17H16BrNO4/c1-21-15-5-3-12(7-13(15)18)14(20)9-19-8-11-2-4-16-17(6-11)23-10-22-16/h2-7,19H,8-10H2,1H3. The van der Waals surface area contributed by atoms with Gasteiger partial charge in [0.15, 0.2) is 17.3 Å². The van der Waals surface area contributed by atoms with Crippen LogP contribution < -0.4 is 19.5 Å². The van der Waals surface area contributed by atoms with E-state index in [9.17, 15) is 4.79 Å². The highest BCUT2D eigenvalue weighted by Crippen LogP contribution is 2.32. The van der Waals surface area contributed by atoms with Crippen LogP contribution in [0.25, 0.3) is 0 Å². The molecule has 0 amide bonds. The molecule has 0 saturated carbocycles. The number of fused-ring (bicyclic) bond motifs is 1. The van der Waals surface area contributed by atoms with Crippen LogP contribution in [0.15, 0.2) is 40.9 Å². The number of ether oxygens (including phenoxy) is 3. The van der Waals surface area contributed by atoms with Gasteiger partial charge in [0, 0.05) is 12.1 Å². The Labute approximate surface area is 142 Å². The molecule has 120 valence electrons. The fraction of sp³-hybridized carbons (Fsp3) is 0.235. The first-order valence-corrected chi connectivity index (χ1v) is 7.92. The summed E-state index contributed by atoms with van der Waals surface area (Å²) < 4.78 is 16.5. The van der Waals surface area contributed by atoms with Crippen molar-refractivity contribution in [3.05, 3.63) is 52.0 Å². The quantitative estimate of drug-likeness (QED) is 0.783. The summed E-state index contributed by atoms with van der Waals surface area (Å²) in [6.45, 7) is 1.10. The fourth-order valence-electron chi connectivity index (χ4n) is 2.31. The van der Waals surface area contributed by atoms with E-state index in [1.807, 2.05) is 18.2 Å². The van der Waals surface area contributed by atoms with E-state index in [1.165, 1.54) is 0 Å². The zero-order valence-electron chi connectivity index (χ0n) is 12.6. The SMILES string of the molecule is COc1ccc(C(=O)CNCc2ccc3c(c2)OCO3)cc1Br. The number of nitrogens with one attached hydrogen (secondary N) is 1. The Bertz CT molecular complexity index is 733. The van der Waals surface area contributed by atoms with E-state index in [2.05, 4.69) is 21.2 Å². The van der Waals surface area contributed by atoms with Crippen molar-refractivity contribution >= 4 is 21.7 Å². The van der Waals surface area contributed by atoms with Gasteiger partial charge in [0.25, 0.3) is 0 Å². The zero-order valence-corrected chi connectivity index (χ0v) is 14.2. The summed E-state index contributed by atoms with van der Waals surface area (Å²) in [5.41, 5.74) is 1.67. The van der Waals surface area contributed by atoms with Gasteiger partial charge < -0.3 is 19.5 Å². The highest BCUT2D eigenvalue weighted by Gasteiger charge is 2.13. The number of benzene rings is 2. The molecule has 1 aliphatic rings. The van der Waals surface area contributed by atoms with E-state index in [0.717, 1.165) is 21.5 Å². The first kappa shape index (κ1) is 15.8. The van der Waals surface area contributed by atoms with Gasteiger partial charge in [0.2, 0.25) is 6.79 Å². The lowest BCUT2D eigenvalue weighted by Crippen LogP contribution is -2.22. The van der Waals surface area contributed by atoms with E-state index in [-0.39, 0.29) is 19.1 Å². The van der Waals surface area contributed by atoms with Gasteiger partial charge in [0.05, 0.1) is 18.1 Å². The maximum absolute atomic E-state index is 12.2. The van der Waals surface area contributed by atoms with Crippen molar-refractivity contribution in [2.75, 3.05) is 20.4 Å². The van der Waals surface area contributed by atoms with Crippen LogP contribution in [-0.2, 0) is 6.54 Å². The Morgan fingerprint density at radius 3 is 2.83 bits per heavy atom. The van der Waals surface area contributed by atoms with Crippen molar-refractivity contribution in [3.8, 4) is 17.2 Å². The van der Waals surface area contributed by atoms with Gasteiger partial charge in [-0.25, -0.2) is 0 Å². The molecular formula is C17H16BrNO4. The predicted molar refractivity (Wildman–Crippen MR) is 89.3 cm³/mol. The topological polar surface area (TPSA) is 56.8 Å². The van der Waals surface area contributed by atoms with Crippen molar-refractivity contribution in [3.63, 3.8) is 0 Å². The van der Waals surface area contributed by atoms with Gasteiger partial charge in [-0.05, 0) is 51.8 Å². The molecular weight excluding hydrogens is 362 g/mol. The summed E-state index contributed by atoms with van der Waals surface area (Å²) >= 11 is 3.39. The first-order valence-electron chi connectivity index (χ1n) is 7.13. The Morgan fingerprint density at radius 2 is 2.04 bits per heavy atom. The molecule has 0 unspecified atom stereocenters. The van der Waals surface area contributed by atoms with Gasteiger partial charge in [-0.15, -0.1) is 0 Å². The molecule has 0 spiro atoms. The summed E-state index contributed by atoms with van der Waals surface area (Å²) in [7, 11) is 1.59. The van der Waals surface area contributed by atoms with Crippen LogP contribution in [0.3, 0.4) is 0 Å². The highest BCUT2D eigenvalue weighted by molar-refractivity contribution is 9.10. The summed E-state index contributed by atoms with van der Waals surface area (Å²) in [5.74, 6) is 2.23. The molecule has 0 bridgehead atoms. The molecule has 0 saturated heterocycles. The average Bonchev–Trinajstić information content (AvgIpc) is 3.02. The van der Waals surface area contributed by atoms with Crippen molar-refractivity contribution in [2.24, 2.45) is 0 Å². The largest absolute Gasteiger partial charge is 0.496 e. The molecule has 3 rings (SSSR count). The van der Waals surface area contributed by atoms with E-state index >= 15 is 0 Å². The Morgan fingerprint density at radius 1 is 1.22 bits per heavy atom. The van der Waals surface area contributed by atoms with Crippen LogP contribution >= 0.6 is 15.9 Å². The van der Waals surface area contributed by atoms with Crippen molar-refractivity contribution in [1.82, 2.24) is 5.32 Å². The molecule has 1 heterocycles. The number of hydrogen-bond acceptors (Lipinski definition) is 5. The number of carbonyl (C=O) groups is 1. The van der Waals surface area contributed by atoms with Crippen LogP contribution in [0.4, 0.5) is 0 Å².